The highest BCUT2D eigenvalue weighted by molar-refractivity contribution is 7.87. The van der Waals surface area contributed by atoms with Crippen LogP contribution in [0.5, 0.6) is 0 Å². The molecule has 4 heterocycles. The minimum absolute atomic E-state index is 0.0157. The first-order chi connectivity index (χ1) is 19.4. The fraction of sp³-hybridized carbons (Fsp3) is 0.400. The molecule has 0 radical (unpaired) electrons. The summed E-state index contributed by atoms with van der Waals surface area (Å²) in [6.07, 6.45) is 3.28. The summed E-state index contributed by atoms with van der Waals surface area (Å²) in [6, 6.07) is 4.30. The number of carboxylic acids is 1. The average Bonchev–Trinajstić information content (AvgIpc) is 3.55. The summed E-state index contributed by atoms with van der Waals surface area (Å²) >= 11 is 1.28. The van der Waals surface area contributed by atoms with Crippen LogP contribution in [0.2, 0.25) is 0 Å². The third-order valence-electron chi connectivity index (χ3n) is 7.16. The molecule has 218 valence electrons. The Kier molecular flexibility index (Phi) is 7.83. The number of thiazole rings is 1. The lowest BCUT2D eigenvalue weighted by molar-refractivity contribution is -0.138. The van der Waals surface area contributed by atoms with Crippen molar-refractivity contribution in [3.05, 3.63) is 51.7 Å². The summed E-state index contributed by atoms with van der Waals surface area (Å²) in [6.45, 7) is 1.87. The SMILES string of the molecule is CC1Cc2nc(C(=O)N3CCN(S(=O)(=O)n4cc5ccc(C(=N)N)cc5c4)CC3CC(=O)NCC(=O)O)sc2CN1. The molecule has 14 nitrogen and oxygen atoms in total. The monoisotopic (exact) mass is 602 g/mol. The molecule has 41 heavy (non-hydrogen) atoms. The number of aliphatic carboxylic acids is 1. The molecule has 0 aliphatic carbocycles. The predicted octanol–water partition coefficient (Wildman–Crippen LogP) is -0.0735. The van der Waals surface area contributed by atoms with Crippen molar-refractivity contribution in [3.8, 4) is 0 Å². The normalized spacial score (nSPS) is 19.6. The summed E-state index contributed by atoms with van der Waals surface area (Å²) < 4.78 is 29.6. The number of rotatable bonds is 8. The van der Waals surface area contributed by atoms with Crippen LogP contribution in [0.4, 0.5) is 0 Å². The topological polar surface area (TPSA) is 204 Å². The zero-order valence-corrected chi connectivity index (χ0v) is 23.8. The molecule has 2 atom stereocenters. The van der Waals surface area contributed by atoms with Crippen LogP contribution in [-0.2, 0) is 32.8 Å². The summed E-state index contributed by atoms with van der Waals surface area (Å²) in [5.41, 5.74) is 6.88. The van der Waals surface area contributed by atoms with Gasteiger partial charge in [-0.05, 0) is 13.0 Å². The Labute approximate surface area is 239 Å². The van der Waals surface area contributed by atoms with Gasteiger partial charge in [-0.2, -0.15) is 12.7 Å². The van der Waals surface area contributed by atoms with E-state index in [9.17, 15) is 22.8 Å². The van der Waals surface area contributed by atoms with Gasteiger partial charge in [0.25, 0.3) is 5.91 Å². The second-order valence-electron chi connectivity index (χ2n) is 10.1. The first-order valence-corrected chi connectivity index (χ1v) is 15.1. The lowest BCUT2D eigenvalue weighted by Gasteiger charge is -2.40. The first kappa shape index (κ1) is 28.7. The van der Waals surface area contributed by atoms with Gasteiger partial charge in [0.2, 0.25) is 5.91 Å². The van der Waals surface area contributed by atoms with Gasteiger partial charge in [0.05, 0.1) is 11.7 Å². The molecule has 16 heteroatoms. The minimum Gasteiger partial charge on any atom is -0.480 e. The number of hydrogen-bond acceptors (Lipinski definition) is 9. The molecule has 2 aromatic heterocycles. The zero-order valence-electron chi connectivity index (χ0n) is 22.2. The van der Waals surface area contributed by atoms with Gasteiger partial charge in [-0.1, -0.05) is 12.1 Å². The fourth-order valence-electron chi connectivity index (χ4n) is 5.01. The number of benzene rings is 1. The van der Waals surface area contributed by atoms with E-state index >= 15 is 0 Å². The molecule has 2 amide bonds. The predicted molar refractivity (Wildman–Crippen MR) is 151 cm³/mol. The Morgan fingerprint density at radius 3 is 2.73 bits per heavy atom. The van der Waals surface area contributed by atoms with Gasteiger partial charge in [-0.15, -0.1) is 11.3 Å². The second-order valence-corrected chi connectivity index (χ2v) is 13.0. The largest absolute Gasteiger partial charge is 0.480 e. The van der Waals surface area contributed by atoms with E-state index in [-0.39, 0.29) is 42.9 Å². The van der Waals surface area contributed by atoms with E-state index in [1.165, 1.54) is 32.9 Å². The van der Waals surface area contributed by atoms with Gasteiger partial charge in [0, 0.05) is 78.7 Å². The number of fused-ring (bicyclic) bond motifs is 2. The zero-order chi connectivity index (χ0) is 29.5. The van der Waals surface area contributed by atoms with Crippen LogP contribution >= 0.6 is 11.3 Å². The molecule has 6 N–H and O–H groups in total. The number of amides is 2. The Bertz CT molecular complexity index is 1650. The van der Waals surface area contributed by atoms with Crippen LogP contribution in [-0.4, -0.2) is 93.6 Å². The second kappa shape index (κ2) is 11.2. The lowest BCUT2D eigenvalue weighted by Crippen LogP contribution is -2.58. The van der Waals surface area contributed by atoms with Gasteiger partial charge in [0.1, 0.15) is 12.4 Å². The molecule has 2 aliphatic heterocycles. The number of nitrogens with zero attached hydrogens (tertiary/aromatic N) is 4. The van der Waals surface area contributed by atoms with E-state index in [1.54, 1.807) is 18.2 Å². The maximum Gasteiger partial charge on any atom is 0.322 e. The summed E-state index contributed by atoms with van der Waals surface area (Å²) in [5, 5.41) is 23.7. The summed E-state index contributed by atoms with van der Waals surface area (Å²) in [7, 11) is -4.09. The number of amidine groups is 1. The summed E-state index contributed by atoms with van der Waals surface area (Å²) in [5.74, 6) is -2.37. The van der Waals surface area contributed by atoms with Crippen LogP contribution in [0, 0.1) is 5.41 Å². The molecular formula is C25H30N8O6S2. The Morgan fingerprint density at radius 1 is 1.24 bits per heavy atom. The van der Waals surface area contributed by atoms with Crippen LogP contribution in [0.1, 0.15) is 39.3 Å². The molecule has 2 aliphatic rings. The minimum atomic E-state index is -4.09. The van der Waals surface area contributed by atoms with Crippen molar-refractivity contribution in [2.75, 3.05) is 26.2 Å². The number of hydrogen-bond donors (Lipinski definition) is 5. The fourth-order valence-corrected chi connectivity index (χ4v) is 7.44. The van der Waals surface area contributed by atoms with Crippen molar-refractivity contribution in [2.45, 2.75) is 38.4 Å². The third-order valence-corrected chi connectivity index (χ3v) is 9.97. The van der Waals surface area contributed by atoms with Gasteiger partial charge in [0.15, 0.2) is 5.01 Å². The molecule has 0 bridgehead atoms. The van der Waals surface area contributed by atoms with Crippen molar-refractivity contribution in [3.63, 3.8) is 0 Å². The Hall–Kier alpha value is -3.86. The smallest absolute Gasteiger partial charge is 0.322 e. The quantitative estimate of drug-likeness (QED) is 0.173. The number of piperazine rings is 1. The highest BCUT2D eigenvalue weighted by atomic mass is 32.2. The first-order valence-electron chi connectivity index (χ1n) is 12.9. The van der Waals surface area contributed by atoms with E-state index < -0.39 is 40.6 Å². The van der Waals surface area contributed by atoms with Gasteiger partial charge >= 0.3 is 16.2 Å². The summed E-state index contributed by atoms with van der Waals surface area (Å²) in [4.78, 5) is 44.2. The van der Waals surface area contributed by atoms with E-state index in [1.807, 2.05) is 6.92 Å². The molecule has 0 spiro atoms. The van der Waals surface area contributed by atoms with Crippen molar-refractivity contribution < 1.29 is 27.9 Å². The standard InChI is InChI=1S/C25H30N8O6S2/c1-14-6-19-20(9-28-14)40-24(30-19)25(37)33-5-4-31(13-18(33)8-21(34)29-10-22(35)36)41(38,39)32-11-16-3-2-15(23(26)27)7-17(16)12-32/h2-3,7,11-12,14,18,28H,4-6,8-10,13H2,1H3,(H3,26,27)(H,29,34)(H,35,36). The number of carboxylic acid groups (broad SMARTS) is 1. The molecule has 3 aromatic rings. The van der Waals surface area contributed by atoms with Gasteiger partial charge in [-0.25, -0.2) is 8.96 Å². The van der Waals surface area contributed by atoms with Crippen LogP contribution in [0.3, 0.4) is 0 Å². The highest BCUT2D eigenvalue weighted by Crippen LogP contribution is 2.27. The third kappa shape index (κ3) is 5.95. The Balaban J connectivity index is 1.40. The van der Waals surface area contributed by atoms with E-state index in [4.69, 9.17) is 16.2 Å². The van der Waals surface area contributed by atoms with Crippen molar-refractivity contribution in [1.82, 2.24) is 28.8 Å². The average molecular weight is 603 g/mol. The van der Waals surface area contributed by atoms with Crippen LogP contribution < -0.4 is 16.4 Å². The van der Waals surface area contributed by atoms with E-state index in [0.29, 0.717) is 29.3 Å². The van der Waals surface area contributed by atoms with Crippen molar-refractivity contribution in [1.29, 1.82) is 5.41 Å². The van der Waals surface area contributed by atoms with Crippen molar-refractivity contribution >= 4 is 55.9 Å². The van der Waals surface area contributed by atoms with Crippen molar-refractivity contribution in [2.24, 2.45) is 5.73 Å². The number of nitrogens with one attached hydrogen (secondary N) is 3. The molecular weight excluding hydrogens is 572 g/mol. The number of nitrogens with two attached hydrogens (primary N) is 1. The molecule has 1 fully saturated rings. The van der Waals surface area contributed by atoms with Crippen LogP contribution in [0.15, 0.2) is 30.6 Å². The molecule has 1 aromatic carbocycles. The number of carbonyl (C=O) groups is 3. The number of carbonyl (C=O) groups excluding carboxylic acids is 2. The molecule has 5 rings (SSSR count). The Morgan fingerprint density at radius 2 is 2.00 bits per heavy atom. The van der Waals surface area contributed by atoms with Gasteiger partial charge in [-0.3, -0.25) is 19.8 Å². The van der Waals surface area contributed by atoms with Crippen LogP contribution in [0.25, 0.3) is 10.8 Å². The lowest BCUT2D eigenvalue weighted by atomic mass is 10.1. The highest BCUT2D eigenvalue weighted by Gasteiger charge is 2.39. The van der Waals surface area contributed by atoms with Gasteiger partial charge < -0.3 is 26.4 Å². The molecule has 1 saturated heterocycles. The number of nitrogen functional groups attached to an aromatic ring is 1. The molecule has 0 saturated carbocycles. The maximum atomic E-state index is 13.7. The molecule has 2 unspecified atom stereocenters. The number of aromatic nitrogens is 2. The van der Waals surface area contributed by atoms with E-state index in [0.717, 1.165) is 14.5 Å². The maximum absolute atomic E-state index is 13.7. The van der Waals surface area contributed by atoms with E-state index in [2.05, 4.69) is 15.6 Å².